The molecule has 1 aromatic carbocycles. The Hall–Kier alpha value is -2.05. The van der Waals surface area contributed by atoms with E-state index in [4.69, 9.17) is 9.73 Å². The van der Waals surface area contributed by atoms with Gasteiger partial charge < -0.3 is 15.0 Å². The summed E-state index contributed by atoms with van der Waals surface area (Å²) in [6.45, 7) is 9.51. The van der Waals surface area contributed by atoms with Crippen LogP contribution in [0.25, 0.3) is 0 Å². The molecule has 2 aliphatic rings. The van der Waals surface area contributed by atoms with Gasteiger partial charge in [0, 0.05) is 50.4 Å². The number of benzene rings is 1. The molecular formula is C25H36N4OS. The molecular weight excluding hydrogens is 404 g/mol. The van der Waals surface area contributed by atoms with Gasteiger partial charge in [0.15, 0.2) is 5.96 Å². The lowest BCUT2D eigenvalue weighted by Crippen LogP contribution is -2.47. The van der Waals surface area contributed by atoms with Gasteiger partial charge in [-0.1, -0.05) is 24.3 Å². The van der Waals surface area contributed by atoms with Crippen LogP contribution >= 0.6 is 11.3 Å². The highest BCUT2D eigenvalue weighted by Crippen LogP contribution is 2.22. The number of guanidine groups is 1. The molecule has 2 saturated heterocycles. The average molecular weight is 441 g/mol. The maximum atomic E-state index is 6.16. The highest BCUT2D eigenvalue weighted by Gasteiger charge is 2.24. The molecule has 0 atom stereocenters. The molecule has 2 aliphatic heterocycles. The largest absolute Gasteiger partial charge is 0.490 e. The number of rotatable bonds is 7. The topological polar surface area (TPSA) is 40.1 Å². The SMILES string of the molecule is CCNC(=NCC1CCN(Cc2cccs2)CC1)N1CCC(Oc2ccccc2)CC1. The van der Waals surface area contributed by atoms with Crippen molar-refractivity contribution < 1.29 is 4.74 Å². The number of thiophene rings is 1. The van der Waals surface area contributed by atoms with Gasteiger partial charge >= 0.3 is 0 Å². The lowest BCUT2D eigenvalue weighted by atomic mass is 9.97. The molecule has 0 unspecified atom stereocenters. The van der Waals surface area contributed by atoms with Crippen LogP contribution in [0.1, 0.15) is 37.5 Å². The molecule has 0 radical (unpaired) electrons. The molecule has 0 aliphatic carbocycles. The standard InChI is InChI=1S/C25H36N4OS/c1-2-26-25(29-16-12-23(13-17-29)30-22-7-4-3-5-8-22)27-19-21-10-14-28(15-11-21)20-24-9-6-18-31-24/h3-9,18,21,23H,2,10-17,19-20H2,1H3,(H,26,27). The molecule has 0 spiro atoms. The van der Waals surface area contributed by atoms with Crippen LogP contribution in [0.15, 0.2) is 52.8 Å². The Kier molecular flexibility index (Phi) is 8.24. The van der Waals surface area contributed by atoms with E-state index in [2.05, 4.69) is 39.6 Å². The van der Waals surface area contributed by atoms with Gasteiger partial charge in [0.05, 0.1) is 0 Å². The van der Waals surface area contributed by atoms with E-state index >= 15 is 0 Å². The first-order valence-corrected chi connectivity index (χ1v) is 12.7. The average Bonchev–Trinajstić information content (AvgIpc) is 3.32. The van der Waals surface area contributed by atoms with Gasteiger partial charge in [0.1, 0.15) is 11.9 Å². The minimum atomic E-state index is 0.300. The quantitative estimate of drug-likeness (QED) is 0.509. The number of nitrogens with zero attached hydrogens (tertiary/aromatic N) is 3. The molecule has 0 amide bonds. The summed E-state index contributed by atoms with van der Waals surface area (Å²) in [7, 11) is 0. The molecule has 1 aromatic heterocycles. The van der Waals surface area contributed by atoms with Crippen molar-refractivity contribution in [3.05, 3.63) is 52.7 Å². The molecule has 0 saturated carbocycles. The maximum absolute atomic E-state index is 6.16. The van der Waals surface area contributed by atoms with E-state index in [1.165, 1.54) is 30.8 Å². The number of nitrogens with one attached hydrogen (secondary N) is 1. The smallest absolute Gasteiger partial charge is 0.193 e. The van der Waals surface area contributed by atoms with Crippen molar-refractivity contribution in [2.45, 2.75) is 45.3 Å². The lowest BCUT2D eigenvalue weighted by molar-refractivity contribution is 0.129. The van der Waals surface area contributed by atoms with E-state index in [-0.39, 0.29) is 0 Å². The van der Waals surface area contributed by atoms with E-state index in [0.29, 0.717) is 12.0 Å². The van der Waals surface area contributed by atoms with Gasteiger partial charge in [-0.3, -0.25) is 9.89 Å². The Morgan fingerprint density at radius 3 is 2.48 bits per heavy atom. The highest BCUT2D eigenvalue weighted by molar-refractivity contribution is 7.09. The molecule has 5 nitrogen and oxygen atoms in total. The zero-order chi connectivity index (χ0) is 21.3. The van der Waals surface area contributed by atoms with Crippen LogP contribution in [-0.4, -0.2) is 61.1 Å². The highest BCUT2D eigenvalue weighted by atomic mass is 32.1. The molecule has 6 heteroatoms. The van der Waals surface area contributed by atoms with Gasteiger partial charge in [0.25, 0.3) is 0 Å². The summed E-state index contributed by atoms with van der Waals surface area (Å²) in [5.41, 5.74) is 0. The second kappa shape index (κ2) is 11.5. The number of hydrogen-bond donors (Lipinski definition) is 1. The van der Waals surface area contributed by atoms with Crippen molar-refractivity contribution in [3.8, 4) is 5.75 Å². The molecule has 2 aromatic rings. The van der Waals surface area contributed by atoms with Gasteiger partial charge in [-0.2, -0.15) is 0 Å². The van der Waals surface area contributed by atoms with Crippen LogP contribution in [0.5, 0.6) is 5.75 Å². The Morgan fingerprint density at radius 2 is 1.81 bits per heavy atom. The minimum absolute atomic E-state index is 0.300. The Balaban J connectivity index is 1.22. The summed E-state index contributed by atoms with van der Waals surface area (Å²) in [5, 5.41) is 5.70. The first kappa shape index (κ1) is 22.2. The van der Waals surface area contributed by atoms with Crippen LogP contribution in [0.3, 0.4) is 0 Å². The third-order valence-electron chi connectivity index (χ3n) is 6.29. The molecule has 1 N–H and O–H groups in total. The summed E-state index contributed by atoms with van der Waals surface area (Å²) < 4.78 is 6.16. The second-order valence-corrected chi connectivity index (χ2v) is 9.64. The van der Waals surface area contributed by atoms with Crippen molar-refractivity contribution in [2.24, 2.45) is 10.9 Å². The van der Waals surface area contributed by atoms with Crippen molar-refractivity contribution >= 4 is 17.3 Å². The minimum Gasteiger partial charge on any atom is -0.490 e. The first-order valence-electron chi connectivity index (χ1n) is 11.8. The number of para-hydroxylation sites is 1. The molecule has 3 heterocycles. The predicted octanol–water partition coefficient (Wildman–Crippen LogP) is 4.47. The first-order chi connectivity index (χ1) is 15.3. The summed E-state index contributed by atoms with van der Waals surface area (Å²) >= 11 is 1.87. The maximum Gasteiger partial charge on any atom is 0.193 e. The molecule has 2 fully saturated rings. The number of piperidine rings is 2. The monoisotopic (exact) mass is 440 g/mol. The van der Waals surface area contributed by atoms with Crippen molar-refractivity contribution in [3.63, 3.8) is 0 Å². The normalized spacial score (nSPS) is 19.5. The third kappa shape index (κ3) is 6.71. The summed E-state index contributed by atoms with van der Waals surface area (Å²) in [4.78, 5) is 11.5. The van der Waals surface area contributed by atoms with Gasteiger partial charge in [-0.15, -0.1) is 11.3 Å². The van der Waals surface area contributed by atoms with Gasteiger partial charge in [-0.25, -0.2) is 0 Å². The summed E-state index contributed by atoms with van der Waals surface area (Å²) in [6.07, 6.45) is 4.89. The summed E-state index contributed by atoms with van der Waals surface area (Å²) in [6, 6.07) is 14.6. The van der Waals surface area contributed by atoms with Crippen LogP contribution in [-0.2, 0) is 6.54 Å². The number of aliphatic imine (C=N–C) groups is 1. The van der Waals surface area contributed by atoms with E-state index in [1.54, 1.807) is 0 Å². The predicted molar refractivity (Wildman–Crippen MR) is 130 cm³/mol. The van der Waals surface area contributed by atoms with E-state index in [0.717, 1.165) is 57.3 Å². The van der Waals surface area contributed by atoms with Crippen molar-refractivity contribution in [1.82, 2.24) is 15.1 Å². The van der Waals surface area contributed by atoms with Gasteiger partial charge in [0.2, 0.25) is 0 Å². The van der Waals surface area contributed by atoms with Crippen LogP contribution < -0.4 is 10.1 Å². The fourth-order valence-electron chi connectivity index (χ4n) is 4.47. The van der Waals surface area contributed by atoms with Crippen LogP contribution in [0, 0.1) is 5.92 Å². The number of likely N-dealkylation sites (tertiary alicyclic amines) is 2. The Bertz CT molecular complexity index is 779. The van der Waals surface area contributed by atoms with E-state index < -0.39 is 0 Å². The third-order valence-corrected chi connectivity index (χ3v) is 7.15. The zero-order valence-electron chi connectivity index (χ0n) is 18.7. The zero-order valence-corrected chi connectivity index (χ0v) is 19.5. The van der Waals surface area contributed by atoms with Crippen LogP contribution in [0.2, 0.25) is 0 Å². The fraction of sp³-hybridized carbons (Fsp3) is 0.560. The van der Waals surface area contributed by atoms with E-state index in [1.807, 2.05) is 41.7 Å². The molecule has 4 rings (SSSR count). The Morgan fingerprint density at radius 1 is 1.03 bits per heavy atom. The van der Waals surface area contributed by atoms with E-state index in [9.17, 15) is 0 Å². The number of ether oxygens (including phenoxy) is 1. The van der Waals surface area contributed by atoms with Gasteiger partial charge in [-0.05, 0) is 62.4 Å². The molecule has 31 heavy (non-hydrogen) atoms. The molecule has 168 valence electrons. The van der Waals surface area contributed by atoms with Crippen molar-refractivity contribution in [2.75, 3.05) is 39.3 Å². The second-order valence-electron chi connectivity index (χ2n) is 8.61. The van der Waals surface area contributed by atoms with Crippen molar-refractivity contribution in [1.29, 1.82) is 0 Å². The molecule has 0 bridgehead atoms. The van der Waals surface area contributed by atoms with Crippen LogP contribution in [0.4, 0.5) is 0 Å². The Labute approximate surface area is 191 Å². The fourth-order valence-corrected chi connectivity index (χ4v) is 5.21. The lowest BCUT2D eigenvalue weighted by Gasteiger charge is -2.35. The summed E-state index contributed by atoms with van der Waals surface area (Å²) in [5.74, 6) is 2.76. The number of hydrogen-bond acceptors (Lipinski definition) is 4.